The Kier molecular flexibility index (Phi) is 8.28. The fourth-order valence-electron chi connectivity index (χ4n) is 2.72. The summed E-state index contributed by atoms with van der Waals surface area (Å²) in [5.74, 6) is 1.73. The van der Waals surface area contributed by atoms with Gasteiger partial charge in [0.15, 0.2) is 17.3 Å². The minimum Gasteiger partial charge on any atom is -0.496 e. The van der Waals surface area contributed by atoms with Crippen LogP contribution < -0.4 is 14.2 Å². The van der Waals surface area contributed by atoms with E-state index in [2.05, 4.69) is 0 Å². The van der Waals surface area contributed by atoms with Gasteiger partial charge in [-0.3, -0.25) is 4.79 Å². The fraction of sp³-hybridized carbons (Fsp3) is 0.350. The van der Waals surface area contributed by atoms with E-state index in [4.69, 9.17) is 25.8 Å². The third-order valence-corrected chi connectivity index (χ3v) is 5.42. The van der Waals surface area contributed by atoms with Crippen molar-refractivity contribution in [1.29, 1.82) is 0 Å². The van der Waals surface area contributed by atoms with Gasteiger partial charge in [0.1, 0.15) is 5.75 Å². The molecule has 0 atom stereocenters. The molecule has 0 spiro atoms. The molecule has 2 aromatic rings. The summed E-state index contributed by atoms with van der Waals surface area (Å²) in [6.45, 7) is 0.948. The van der Waals surface area contributed by atoms with Gasteiger partial charge in [-0.15, -0.1) is 0 Å². The lowest BCUT2D eigenvalue weighted by Gasteiger charge is -2.20. The average molecular weight is 410 g/mol. The summed E-state index contributed by atoms with van der Waals surface area (Å²) in [5.41, 5.74) is 1.53. The Hall–Kier alpha value is -1.89. The van der Waals surface area contributed by atoms with Gasteiger partial charge in [-0.1, -0.05) is 41.7 Å². The Balaban J connectivity index is 2.07. The Morgan fingerprint density at radius 1 is 1.04 bits per heavy atom. The number of Topliss-reactive ketones (excluding diaryl/α,β-unsaturated/α-hetero) is 1. The highest BCUT2D eigenvalue weighted by atomic mass is 35.5. The van der Waals surface area contributed by atoms with Crippen molar-refractivity contribution in [2.45, 2.75) is 6.42 Å². The van der Waals surface area contributed by atoms with E-state index in [1.165, 1.54) is 11.9 Å². The lowest BCUT2D eigenvalue weighted by molar-refractivity contribution is 0.0967. The number of rotatable bonds is 10. The normalized spacial score (nSPS) is 10.7. The first-order valence-corrected chi connectivity index (χ1v) is 9.96. The number of carbonyl (C=O) groups excluding carboxylic acids is 1. The molecule has 0 aliphatic rings. The second-order valence-electron chi connectivity index (χ2n) is 5.69. The minimum absolute atomic E-state index is 0.0141. The smallest absolute Gasteiger partial charge is 0.181 e. The van der Waals surface area contributed by atoms with Crippen molar-refractivity contribution < 1.29 is 19.0 Å². The van der Waals surface area contributed by atoms with Crippen molar-refractivity contribution in [3.05, 3.63) is 52.5 Å². The van der Waals surface area contributed by atoms with Gasteiger partial charge in [0, 0.05) is 6.54 Å². The van der Waals surface area contributed by atoms with Crippen molar-refractivity contribution >= 4 is 29.3 Å². The second kappa shape index (κ2) is 10.4. The summed E-state index contributed by atoms with van der Waals surface area (Å²) in [5, 5.41) is 0.536. The van der Waals surface area contributed by atoms with E-state index in [1.54, 1.807) is 33.5 Å². The summed E-state index contributed by atoms with van der Waals surface area (Å²) >= 11 is 7.97. The van der Waals surface area contributed by atoms with Gasteiger partial charge in [0.25, 0.3) is 0 Å². The van der Waals surface area contributed by atoms with Crippen LogP contribution in [0.25, 0.3) is 0 Å². The van der Waals surface area contributed by atoms with Crippen LogP contribution in [0.3, 0.4) is 0 Å². The van der Waals surface area contributed by atoms with Crippen molar-refractivity contribution in [1.82, 2.24) is 4.31 Å². The van der Waals surface area contributed by atoms with Crippen LogP contribution in [0.1, 0.15) is 15.9 Å². The van der Waals surface area contributed by atoms with Gasteiger partial charge in [-0.25, -0.2) is 4.31 Å². The van der Waals surface area contributed by atoms with Crippen LogP contribution in [-0.2, 0) is 6.42 Å². The van der Waals surface area contributed by atoms with E-state index in [9.17, 15) is 4.79 Å². The number of benzene rings is 2. The largest absolute Gasteiger partial charge is 0.496 e. The minimum atomic E-state index is 0.0141. The molecule has 0 heterocycles. The number of carbonyl (C=O) groups is 1. The molecule has 0 radical (unpaired) electrons. The van der Waals surface area contributed by atoms with E-state index in [-0.39, 0.29) is 12.3 Å². The molecule has 5 nitrogen and oxygen atoms in total. The molecule has 0 amide bonds. The number of methoxy groups -OCH3 is 3. The van der Waals surface area contributed by atoms with Gasteiger partial charge in [0.2, 0.25) is 0 Å². The van der Waals surface area contributed by atoms with Crippen molar-refractivity contribution in [2.24, 2.45) is 0 Å². The molecule has 0 unspecified atom stereocenters. The molecule has 0 bridgehead atoms. The zero-order valence-electron chi connectivity index (χ0n) is 16.0. The maximum Gasteiger partial charge on any atom is 0.181 e. The highest BCUT2D eigenvalue weighted by Crippen LogP contribution is 2.37. The molecule has 0 saturated carbocycles. The number of hydrogen-bond donors (Lipinski definition) is 0. The van der Waals surface area contributed by atoms with E-state index in [0.29, 0.717) is 40.8 Å². The van der Waals surface area contributed by atoms with Crippen molar-refractivity contribution in [2.75, 3.05) is 40.7 Å². The molecule has 0 aromatic heterocycles. The molecule has 0 aliphatic carbocycles. The van der Waals surface area contributed by atoms with Gasteiger partial charge < -0.3 is 14.2 Å². The quantitative estimate of drug-likeness (QED) is 0.429. The molecule has 2 aromatic carbocycles. The number of hydrogen-bond acceptors (Lipinski definition) is 6. The first kappa shape index (κ1) is 21.4. The molecule has 2 rings (SSSR count). The van der Waals surface area contributed by atoms with Gasteiger partial charge in [0.05, 0.1) is 38.5 Å². The molecule has 0 fully saturated rings. The van der Waals surface area contributed by atoms with E-state index >= 15 is 0 Å². The molecular weight excluding hydrogens is 386 g/mol. The SMILES string of the molecule is COc1ccccc1C(=O)CN(CCc1ccc(OC)c(OC)c1Cl)SC. The van der Waals surface area contributed by atoms with Crippen LogP contribution in [0.15, 0.2) is 36.4 Å². The summed E-state index contributed by atoms with van der Waals surface area (Å²) < 4.78 is 17.9. The number of ketones is 1. The second-order valence-corrected chi connectivity index (χ2v) is 6.95. The Labute approximate surface area is 169 Å². The molecule has 0 N–H and O–H groups in total. The predicted molar refractivity (Wildman–Crippen MR) is 111 cm³/mol. The van der Waals surface area contributed by atoms with E-state index in [1.807, 2.05) is 34.8 Å². The third kappa shape index (κ3) is 5.31. The Bertz CT molecular complexity index is 785. The average Bonchev–Trinajstić information content (AvgIpc) is 2.71. The topological polar surface area (TPSA) is 48.0 Å². The summed E-state index contributed by atoms with van der Waals surface area (Å²) in [6.07, 6.45) is 2.63. The third-order valence-electron chi connectivity index (χ3n) is 4.18. The molecule has 146 valence electrons. The van der Waals surface area contributed by atoms with Crippen molar-refractivity contribution in [3.8, 4) is 17.2 Å². The van der Waals surface area contributed by atoms with Crippen LogP contribution in [-0.4, -0.2) is 50.8 Å². The standard InChI is InChI=1S/C20H24ClNO4S/c1-24-17-8-6-5-7-15(17)16(23)13-22(27-4)12-11-14-9-10-18(25-2)20(26-3)19(14)21/h5-10H,11-13H2,1-4H3. The first-order valence-electron chi connectivity index (χ1n) is 8.40. The molecule has 27 heavy (non-hydrogen) atoms. The highest BCUT2D eigenvalue weighted by Gasteiger charge is 2.17. The van der Waals surface area contributed by atoms with Crippen molar-refractivity contribution in [3.63, 3.8) is 0 Å². The maximum absolute atomic E-state index is 12.7. The lowest BCUT2D eigenvalue weighted by atomic mass is 10.1. The van der Waals surface area contributed by atoms with Gasteiger partial charge >= 0.3 is 0 Å². The summed E-state index contributed by atoms with van der Waals surface area (Å²) in [4.78, 5) is 12.7. The zero-order valence-corrected chi connectivity index (χ0v) is 17.5. The summed E-state index contributed by atoms with van der Waals surface area (Å²) in [6, 6.07) is 11.0. The number of halogens is 1. The van der Waals surface area contributed by atoms with Gasteiger partial charge in [-0.2, -0.15) is 0 Å². The van der Waals surface area contributed by atoms with Crippen LogP contribution in [0.5, 0.6) is 17.2 Å². The van der Waals surface area contributed by atoms with Crippen LogP contribution in [0.2, 0.25) is 5.02 Å². The van der Waals surface area contributed by atoms with Crippen LogP contribution >= 0.6 is 23.5 Å². The molecular formula is C20H24ClNO4S. The Morgan fingerprint density at radius 3 is 2.37 bits per heavy atom. The number of para-hydroxylation sites is 1. The summed E-state index contributed by atoms with van der Waals surface area (Å²) in [7, 11) is 4.71. The fourth-order valence-corrected chi connectivity index (χ4v) is 3.57. The molecule has 7 heteroatoms. The first-order chi connectivity index (χ1) is 13.0. The Morgan fingerprint density at radius 2 is 1.74 bits per heavy atom. The number of nitrogens with zero attached hydrogens (tertiary/aromatic N) is 1. The molecule has 0 saturated heterocycles. The van der Waals surface area contributed by atoms with E-state index in [0.717, 1.165) is 5.56 Å². The monoisotopic (exact) mass is 409 g/mol. The van der Waals surface area contributed by atoms with E-state index < -0.39 is 0 Å². The van der Waals surface area contributed by atoms with Gasteiger partial charge in [-0.05, 0) is 36.4 Å². The van der Waals surface area contributed by atoms with Crippen LogP contribution in [0.4, 0.5) is 0 Å². The van der Waals surface area contributed by atoms with Crippen LogP contribution in [0, 0.1) is 0 Å². The molecule has 0 aliphatic heterocycles. The maximum atomic E-state index is 12.7. The lowest BCUT2D eigenvalue weighted by Crippen LogP contribution is -2.26. The predicted octanol–water partition coefficient (Wildman–Crippen LogP) is 4.37. The zero-order chi connectivity index (χ0) is 19.8. The number of ether oxygens (including phenoxy) is 3. The highest BCUT2D eigenvalue weighted by molar-refractivity contribution is 7.96.